The van der Waals surface area contributed by atoms with E-state index < -0.39 is 8.07 Å². The van der Waals surface area contributed by atoms with Crippen molar-refractivity contribution in [3.8, 4) is 22.3 Å². The van der Waals surface area contributed by atoms with Crippen LogP contribution in [0.3, 0.4) is 0 Å². The van der Waals surface area contributed by atoms with Crippen molar-refractivity contribution in [3.05, 3.63) is 419 Å². The molecule has 22 aromatic rings. The first kappa shape index (κ1) is 70.7. The normalized spacial score (nSPS) is 11.7. The van der Waals surface area contributed by atoms with Crippen molar-refractivity contribution in [3.63, 3.8) is 0 Å². The van der Waals surface area contributed by atoms with Crippen molar-refractivity contribution < 1.29 is 4.42 Å². The summed E-state index contributed by atoms with van der Waals surface area (Å²) in [6, 6.07) is 152. The molecule has 19 aromatic carbocycles. The minimum atomic E-state index is -1.41. The molecule has 0 aliphatic rings. The van der Waals surface area contributed by atoms with Gasteiger partial charge in [-0.05, 0) is 224 Å². The molecule has 0 aliphatic carbocycles. The Morgan fingerprint density at radius 2 is 0.479 bits per heavy atom. The summed E-state index contributed by atoms with van der Waals surface area (Å²) in [6.07, 6.45) is 0. The third kappa shape index (κ3) is 13.0. The van der Waals surface area contributed by atoms with Crippen LogP contribution in [0.5, 0.6) is 0 Å². The maximum absolute atomic E-state index is 6.22. The Labute approximate surface area is 688 Å². The lowest BCUT2D eigenvalue weighted by molar-refractivity contribution is 0.669. The van der Waals surface area contributed by atoms with Crippen molar-refractivity contribution in [2.24, 2.45) is 0 Å². The summed E-state index contributed by atoms with van der Waals surface area (Å²) in [5, 5.41) is 19.2. The van der Waals surface area contributed by atoms with Gasteiger partial charge in [-0.1, -0.05) is 274 Å². The predicted molar refractivity (Wildman–Crippen MR) is 509 cm³/mol. The highest BCUT2D eigenvalue weighted by atomic mass is 32.1. The van der Waals surface area contributed by atoms with Crippen molar-refractivity contribution in [1.82, 2.24) is 0 Å². The number of fused-ring (bicyclic) bond motifs is 19. The molecule has 3 heterocycles. The van der Waals surface area contributed by atoms with Crippen LogP contribution in [0.15, 0.2) is 423 Å². The summed E-state index contributed by atoms with van der Waals surface area (Å²) in [5.41, 5.74) is 20.2. The zero-order valence-corrected chi connectivity index (χ0v) is 67.5. The van der Waals surface area contributed by atoms with E-state index in [0.29, 0.717) is 0 Å². The van der Waals surface area contributed by atoms with Crippen LogP contribution in [-0.2, 0) is 0 Å². The first-order valence-corrected chi connectivity index (χ1v) is 45.1. The van der Waals surface area contributed by atoms with Crippen LogP contribution in [-0.4, -0.2) is 8.07 Å². The molecule has 0 fully saturated rings. The molecular weight excluding hydrogens is 1470 g/mol. The first-order chi connectivity index (χ1) is 57.7. The highest BCUT2D eigenvalue weighted by molar-refractivity contribution is 7.27. The number of furan rings is 1. The van der Waals surface area contributed by atoms with E-state index in [1.165, 1.54) is 117 Å². The Balaban J connectivity index is 0.000000146. The number of nitrogens with zero attached hydrogens (tertiary/aromatic N) is 4. The van der Waals surface area contributed by atoms with E-state index in [0.717, 1.165) is 84.5 Å². The van der Waals surface area contributed by atoms with Gasteiger partial charge in [0, 0.05) is 130 Å². The summed E-state index contributed by atoms with van der Waals surface area (Å²) >= 11 is 3.79. The summed E-state index contributed by atoms with van der Waals surface area (Å²) in [7, 11) is -1.41. The van der Waals surface area contributed by atoms with Gasteiger partial charge >= 0.3 is 0 Å². The minimum absolute atomic E-state index is 0.893. The SMILES string of the molecule is C[Si](C)(C)c1ccc(N(c2ccccc2)c2ccc(-c3ccc4c(c3)c3ccccc3c3c5ccc(N(c6ccccc6)c6ccccc6)cc5sc43)cc2)cc1.c1ccc(N(c2ccccc2)c2ccc(-c3ccc4c(c3)c3ccccc3c3c5ccc(N(c6ccccc6)c6ccc7oc8ccccc8c7c6)cc5sc43)cc2)cc1. The quantitative estimate of drug-likeness (QED) is 0.0753. The molecule has 3 aromatic heterocycles. The van der Waals surface area contributed by atoms with E-state index in [1.54, 1.807) is 0 Å². The number of hydrogen-bond donors (Lipinski definition) is 0. The van der Waals surface area contributed by atoms with E-state index in [-0.39, 0.29) is 0 Å². The second-order valence-corrected chi connectivity index (χ2v) is 38.3. The first-order valence-electron chi connectivity index (χ1n) is 40.0. The maximum Gasteiger partial charge on any atom is 0.135 e. The average Bonchev–Trinajstić information content (AvgIpc) is 1.63. The zero-order chi connectivity index (χ0) is 78.1. The molecule has 0 bridgehead atoms. The molecular formula is C109H78N4OS2Si. The Morgan fingerprint density at radius 1 is 0.197 bits per heavy atom. The Morgan fingerprint density at radius 3 is 0.872 bits per heavy atom. The molecule has 0 radical (unpaired) electrons. The fourth-order valence-electron chi connectivity index (χ4n) is 17.3. The maximum atomic E-state index is 6.22. The Bertz CT molecular complexity index is 7380. The summed E-state index contributed by atoms with van der Waals surface area (Å²) in [5.74, 6) is 0. The van der Waals surface area contributed by atoms with Crippen LogP contribution in [0.2, 0.25) is 19.6 Å². The summed E-state index contributed by atoms with van der Waals surface area (Å²) in [6.45, 7) is 7.20. The number of rotatable bonds is 15. The molecule has 0 atom stereocenters. The summed E-state index contributed by atoms with van der Waals surface area (Å²) in [4.78, 5) is 9.37. The highest BCUT2D eigenvalue weighted by Gasteiger charge is 2.24. The molecule has 22 rings (SSSR count). The lowest BCUT2D eigenvalue weighted by Gasteiger charge is -2.26. The topological polar surface area (TPSA) is 26.1 Å². The second-order valence-electron chi connectivity index (χ2n) is 31.1. The molecule has 0 unspecified atom stereocenters. The van der Waals surface area contributed by atoms with Gasteiger partial charge in [-0.3, -0.25) is 0 Å². The lowest BCUT2D eigenvalue weighted by atomic mass is 9.94. The average molecular weight is 1550 g/mol. The highest BCUT2D eigenvalue weighted by Crippen LogP contribution is 2.51. The second kappa shape index (κ2) is 29.7. The van der Waals surface area contributed by atoms with E-state index >= 15 is 0 Å². The van der Waals surface area contributed by atoms with E-state index in [4.69, 9.17) is 4.42 Å². The van der Waals surface area contributed by atoms with Gasteiger partial charge in [0.1, 0.15) is 11.2 Å². The molecule has 117 heavy (non-hydrogen) atoms. The van der Waals surface area contributed by atoms with Crippen LogP contribution in [0.1, 0.15) is 0 Å². The zero-order valence-electron chi connectivity index (χ0n) is 64.9. The van der Waals surface area contributed by atoms with Crippen molar-refractivity contribution in [2.45, 2.75) is 19.6 Å². The van der Waals surface area contributed by atoms with Crippen LogP contribution in [0.25, 0.3) is 128 Å². The standard InChI is InChI=1S/C56H36N2OS.C53H42N2SSi/c1-4-14-39(15-5-1)57(40-16-6-2-7-17-40)42-27-24-37(25-28-42)38-26-31-48-50(34-38)45-20-10-11-22-47(45)55-49-32-29-44(36-54(49)60-56(48)55)58(41-18-8-3-9-19-41)43-30-33-53-51(35-43)46-21-12-13-23-52(46)59-53;1-57(2,3)45-31-28-43(29-32-45)54(39-15-7-4-8-16-39)42-26-23-37(24-27-42)38-25-33-48-50(35-38)46-21-13-14-22-47(46)52-49-34-30-44(36-51(49)56-53(48)52)55(40-17-9-5-10-18-40)41-19-11-6-12-20-41/h1-36H;4-36H,1-3H3. The fraction of sp³-hybridized carbons (Fsp3) is 0.0275. The number of hydrogen-bond acceptors (Lipinski definition) is 7. The van der Waals surface area contributed by atoms with E-state index in [2.05, 4.69) is 446 Å². The Hall–Kier alpha value is -14.1. The largest absolute Gasteiger partial charge is 0.456 e. The molecule has 8 heteroatoms. The van der Waals surface area contributed by atoms with E-state index in [9.17, 15) is 0 Å². The molecule has 0 saturated heterocycles. The Kier molecular flexibility index (Phi) is 17.9. The van der Waals surface area contributed by atoms with Gasteiger partial charge in [0.2, 0.25) is 0 Å². The third-order valence-corrected chi connectivity index (χ3v) is 27.4. The van der Waals surface area contributed by atoms with Crippen LogP contribution in [0, 0.1) is 0 Å². The predicted octanol–water partition coefficient (Wildman–Crippen LogP) is 32.4. The van der Waals surface area contributed by atoms with Gasteiger partial charge in [-0.15, -0.1) is 22.7 Å². The molecule has 5 nitrogen and oxygen atoms in total. The van der Waals surface area contributed by atoms with E-state index in [1.807, 2.05) is 34.8 Å². The van der Waals surface area contributed by atoms with Crippen molar-refractivity contribution in [1.29, 1.82) is 0 Å². The minimum Gasteiger partial charge on any atom is -0.456 e. The number of benzene rings is 19. The van der Waals surface area contributed by atoms with Gasteiger partial charge in [-0.25, -0.2) is 0 Å². The van der Waals surface area contributed by atoms with Crippen molar-refractivity contribution in [2.75, 3.05) is 19.6 Å². The van der Waals surface area contributed by atoms with Gasteiger partial charge < -0.3 is 24.0 Å². The molecule has 0 aliphatic heterocycles. The molecule has 0 spiro atoms. The molecule has 0 saturated carbocycles. The van der Waals surface area contributed by atoms with Crippen LogP contribution >= 0.6 is 22.7 Å². The lowest BCUT2D eigenvalue weighted by Crippen LogP contribution is -2.37. The molecule has 0 amide bonds. The van der Waals surface area contributed by atoms with Crippen LogP contribution in [0.4, 0.5) is 68.2 Å². The monoisotopic (exact) mass is 1550 g/mol. The molecule has 556 valence electrons. The number of anilines is 12. The molecule has 0 N–H and O–H groups in total. The fourth-order valence-corrected chi connectivity index (χ4v) is 21.1. The van der Waals surface area contributed by atoms with Gasteiger partial charge in [0.15, 0.2) is 0 Å². The number of para-hydroxylation sites is 7. The van der Waals surface area contributed by atoms with Gasteiger partial charge in [-0.2, -0.15) is 0 Å². The summed E-state index contributed by atoms with van der Waals surface area (Å²) < 4.78 is 11.4. The smallest absolute Gasteiger partial charge is 0.135 e. The van der Waals surface area contributed by atoms with Gasteiger partial charge in [0.05, 0.1) is 8.07 Å². The number of thiophene rings is 2. The van der Waals surface area contributed by atoms with Crippen molar-refractivity contribution >= 4 is 210 Å². The third-order valence-electron chi connectivity index (χ3n) is 23.0. The van der Waals surface area contributed by atoms with Gasteiger partial charge in [0.25, 0.3) is 0 Å². The van der Waals surface area contributed by atoms with Crippen LogP contribution < -0.4 is 24.8 Å².